The Morgan fingerprint density at radius 3 is 2.65 bits per heavy atom. The maximum Gasteiger partial charge on any atom is 0.115 e. The molecule has 0 amide bonds. The van der Waals surface area contributed by atoms with Crippen LogP contribution in [-0.2, 0) is 6.42 Å². The Bertz CT molecular complexity index is 556. The second-order valence-electron chi connectivity index (χ2n) is 7.75. The first-order valence-corrected chi connectivity index (χ1v) is 9.12. The first kappa shape index (κ1) is 16.8. The fourth-order valence-corrected chi connectivity index (χ4v) is 5.54. The highest BCUT2D eigenvalue weighted by molar-refractivity contribution is 5.40. The molecule has 23 heavy (non-hydrogen) atoms. The highest BCUT2D eigenvalue weighted by Gasteiger charge is 2.54. The number of hydrogen-bond donors (Lipinski definition) is 3. The molecule has 4 rings (SSSR count). The Balaban J connectivity index is 0.000000485. The summed E-state index contributed by atoms with van der Waals surface area (Å²) in [5, 5.41) is 27.6. The maximum atomic E-state index is 10.4. The van der Waals surface area contributed by atoms with Gasteiger partial charge in [0, 0.05) is 6.61 Å². The SMILES string of the molecule is CCO.C[C@]12CC[C@@H]3c4ccc(O)cc4CC[C@H]3[C@@H]1CC[C@@H]2O. The maximum absolute atomic E-state index is 10.4. The van der Waals surface area contributed by atoms with E-state index in [2.05, 4.69) is 13.0 Å². The molecule has 0 saturated heterocycles. The molecule has 128 valence electrons. The van der Waals surface area contributed by atoms with E-state index in [1.807, 2.05) is 12.1 Å². The number of rotatable bonds is 0. The Kier molecular flexibility index (Phi) is 4.70. The molecule has 2 fully saturated rings. The molecule has 0 heterocycles. The smallest absolute Gasteiger partial charge is 0.115 e. The zero-order chi connectivity index (χ0) is 16.6. The van der Waals surface area contributed by atoms with Crippen molar-refractivity contribution < 1.29 is 15.3 Å². The Morgan fingerprint density at radius 2 is 1.91 bits per heavy atom. The van der Waals surface area contributed by atoms with E-state index in [0.717, 1.165) is 25.2 Å². The van der Waals surface area contributed by atoms with Crippen LogP contribution in [0.3, 0.4) is 0 Å². The van der Waals surface area contributed by atoms with E-state index in [4.69, 9.17) is 5.11 Å². The standard InChI is InChI=1S/C18H24O2.C2H6O/c1-18-9-8-14-13-5-3-12(19)10-11(13)2-4-15(14)16(18)6-7-17(18)20;1-2-3/h3,5,10,14-17,19-20H,2,4,6-9H2,1H3;3H,2H2,1H3/t14-,15-,16+,17+,18+;/m1./s1. The van der Waals surface area contributed by atoms with Gasteiger partial charge in [-0.2, -0.15) is 0 Å². The van der Waals surface area contributed by atoms with Gasteiger partial charge in [0.1, 0.15) is 5.75 Å². The van der Waals surface area contributed by atoms with Gasteiger partial charge in [0.25, 0.3) is 0 Å². The van der Waals surface area contributed by atoms with Crippen LogP contribution in [0.1, 0.15) is 63.0 Å². The van der Waals surface area contributed by atoms with E-state index in [1.54, 1.807) is 6.92 Å². The Labute approximate surface area is 139 Å². The van der Waals surface area contributed by atoms with Crippen LogP contribution in [0.5, 0.6) is 5.75 Å². The van der Waals surface area contributed by atoms with Crippen LogP contribution in [0.4, 0.5) is 0 Å². The molecule has 3 aliphatic rings. The van der Waals surface area contributed by atoms with Crippen molar-refractivity contribution in [2.45, 2.75) is 64.4 Å². The van der Waals surface area contributed by atoms with Crippen molar-refractivity contribution in [3.63, 3.8) is 0 Å². The third-order valence-electron chi connectivity index (χ3n) is 6.66. The van der Waals surface area contributed by atoms with E-state index in [0.29, 0.717) is 17.6 Å². The topological polar surface area (TPSA) is 60.7 Å². The minimum Gasteiger partial charge on any atom is -0.508 e. The average Bonchev–Trinajstić information content (AvgIpc) is 2.83. The molecule has 3 heteroatoms. The van der Waals surface area contributed by atoms with E-state index in [-0.39, 0.29) is 18.1 Å². The summed E-state index contributed by atoms with van der Waals surface area (Å²) in [4.78, 5) is 0. The van der Waals surface area contributed by atoms with Gasteiger partial charge in [-0.05, 0) is 91.9 Å². The van der Waals surface area contributed by atoms with Gasteiger partial charge in [0.15, 0.2) is 0 Å². The molecule has 3 N–H and O–H groups in total. The van der Waals surface area contributed by atoms with E-state index in [9.17, 15) is 10.2 Å². The second-order valence-corrected chi connectivity index (χ2v) is 7.75. The Hall–Kier alpha value is -1.06. The molecule has 0 aromatic heterocycles. The minimum atomic E-state index is -0.0883. The summed E-state index contributed by atoms with van der Waals surface area (Å²) in [6.45, 7) is 4.25. The fourth-order valence-electron chi connectivity index (χ4n) is 5.54. The summed E-state index contributed by atoms with van der Waals surface area (Å²) >= 11 is 0. The van der Waals surface area contributed by atoms with Gasteiger partial charge < -0.3 is 15.3 Å². The lowest BCUT2D eigenvalue weighted by molar-refractivity contribution is -0.0226. The normalized spacial score (nSPS) is 37.9. The van der Waals surface area contributed by atoms with Crippen LogP contribution < -0.4 is 0 Å². The fraction of sp³-hybridized carbons (Fsp3) is 0.700. The van der Waals surface area contributed by atoms with Gasteiger partial charge in [-0.15, -0.1) is 0 Å². The summed E-state index contributed by atoms with van der Waals surface area (Å²) in [7, 11) is 0. The van der Waals surface area contributed by atoms with Crippen LogP contribution in [0.2, 0.25) is 0 Å². The number of fused-ring (bicyclic) bond motifs is 5. The number of aliphatic hydroxyl groups is 2. The number of benzene rings is 1. The summed E-state index contributed by atoms with van der Waals surface area (Å²) < 4.78 is 0. The highest BCUT2D eigenvalue weighted by atomic mass is 16.3. The summed E-state index contributed by atoms with van der Waals surface area (Å²) in [5.41, 5.74) is 2.99. The quantitative estimate of drug-likeness (QED) is 0.685. The van der Waals surface area contributed by atoms with Gasteiger partial charge in [-0.25, -0.2) is 0 Å². The van der Waals surface area contributed by atoms with Crippen LogP contribution in [0.25, 0.3) is 0 Å². The third-order valence-corrected chi connectivity index (χ3v) is 6.66. The molecule has 3 nitrogen and oxygen atoms in total. The molecule has 1 aromatic carbocycles. The zero-order valence-electron chi connectivity index (χ0n) is 14.3. The first-order chi connectivity index (χ1) is 11.0. The molecular weight excluding hydrogens is 288 g/mol. The van der Waals surface area contributed by atoms with Crippen LogP contribution in [0, 0.1) is 17.3 Å². The van der Waals surface area contributed by atoms with E-state index >= 15 is 0 Å². The predicted molar refractivity (Wildman–Crippen MR) is 91.5 cm³/mol. The number of aliphatic hydroxyl groups excluding tert-OH is 2. The predicted octanol–water partition coefficient (Wildman–Crippen LogP) is 3.61. The monoisotopic (exact) mass is 318 g/mol. The molecule has 3 aliphatic carbocycles. The number of phenols is 1. The second kappa shape index (κ2) is 6.45. The van der Waals surface area contributed by atoms with Crippen molar-refractivity contribution in [1.29, 1.82) is 0 Å². The highest BCUT2D eigenvalue weighted by Crippen LogP contribution is 2.60. The Morgan fingerprint density at radius 1 is 1.17 bits per heavy atom. The van der Waals surface area contributed by atoms with Crippen LogP contribution in [0.15, 0.2) is 18.2 Å². The van der Waals surface area contributed by atoms with Crippen molar-refractivity contribution in [3.05, 3.63) is 29.3 Å². The van der Waals surface area contributed by atoms with Crippen molar-refractivity contribution in [2.75, 3.05) is 6.61 Å². The number of phenolic OH excluding ortho intramolecular Hbond substituents is 1. The van der Waals surface area contributed by atoms with Gasteiger partial charge in [-0.1, -0.05) is 13.0 Å². The van der Waals surface area contributed by atoms with E-state index < -0.39 is 0 Å². The molecule has 2 saturated carbocycles. The molecule has 5 atom stereocenters. The number of aryl methyl sites for hydroxylation is 1. The zero-order valence-corrected chi connectivity index (χ0v) is 14.3. The molecule has 0 bridgehead atoms. The third kappa shape index (κ3) is 2.78. The molecule has 0 unspecified atom stereocenters. The summed E-state index contributed by atoms with van der Waals surface area (Å²) in [6.07, 6.45) is 6.78. The van der Waals surface area contributed by atoms with Gasteiger partial charge in [0.2, 0.25) is 0 Å². The molecular formula is C20H30O3. The molecule has 1 aromatic rings. The lowest BCUT2D eigenvalue weighted by atomic mass is 9.55. The number of hydrogen-bond acceptors (Lipinski definition) is 3. The van der Waals surface area contributed by atoms with Crippen molar-refractivity contribution in [3.8, 4) is 5.75 Å². The van der Waals surface area contributed by atoms with Crippen molar-refractivity contribution >= 4 is 0 Å². The molecule has 0 radical (unpaired) electrons. The van der Waals surface area contributed by atoms with Crippen molar-refractivity contribution in [1.82, 2.24) is 0 Å². The van der Waals surface area contributed by atoms with Gasteiger partial charge in [0.05, 0.1) is 6.10 Å². The van der Waals surface area contributed by atoms with Gasteiger partial charge in [-0.3, -0.25) is 0 Å². The van der Waals surface area contributed by atoms with Crippen molar-refractivity contribution in [2.24, 2.45) is 17.3 Å². The lowest BCUT2D eigenvalue weighted by Crippen LogP contribution is -2.43. The molecule has 0 spiro atoms. The largest absolute Gasteiger partial charge is 0.508 e. The van der Waals surface area contributed by atoms with Crippen LogP contribution >= 0.6 is 0 Å². The van der Waals surface area contributed by atoms with Crippen LogP contribution in [-0.4, -0.2) is 28.0 Å². The summed E-state index contributed by atoms with van der Waals surface area (Å²) in [5.74, 6) is 2.49. The summed E-state index contributed by atoms with van der Waals surface area (Å²) in [6, 6.07) is 5.96. The number of aromatic hydroxyl groups is 1. The first-order valence-electron chi connectivity index (χ1n) is 9.12. The van der Waals surface area contributed by atoms with E-state index in [1.165, 1.54) is 30.4 Å². The minimum absolute atomic E-state index is 0.0883. The average molecular weight is 318 g/mol. The lowest BCUT2D eigenvalue weighted by Gasteiger charge is -2.50. The molecule has 0 aliphatic heterocycles. The van der Waals surface area contributed by atoms with Gasteiger partial charge >= 0.3 is 0 Å².